The lowest BCUT2D eigenvalue weighted by Crippen LogP contribution is -2.17. The molecule has 1 aromatic carbocycles. The van der Waals surface area contributed by atoms with Gasteiger partial charge in [0.25, 0.3) is 0 Å². The van der Waals surface area contributed by atoms with Crippen LogP contribution in [-0.4, -0.2) is 6.36 Å². The average molecular weight is 372 g/mol. The second kappa shape index (κ2) is 5.73. The van der Waals surface area contributed by atoms with Crippen LogP contribution in [0.1, 0.15) is 15.8 Å². The Bertz CT molecular complexity index is 570. The summed E-state index contributed by atoms with van der Waals surface area (Å²) in [6.07, 6.45) is -4.70. The lowest BCUT2D eigenvalue weighted by Gasteiger charge is -2.12. The molecule has 0 aliphatic heterocycles. The van der Waals surface area contributed by atoms with Crippen LogP contribution in [0.2, 0.25) is 0 Å². The van der Waals surface area contributed by atoms with E-state index in [-0.39, 0.29) is 5.75 Å². The molecular weight excluding hydrogens is 365 g/mol. The fraction of sp³-hybridized carbons (Fsp3) is 0.167. The summed E-state index contributed by atoms with van der Waals surface area (Å²) in [6, 6.07) is 7.51. The molecule has 0 aliphatic rings. The number of thiophene rings is 1. The van der Waals surface area contributed by atoms with Crippen LogP contribution in [0.25, 0.3) is 0 Å². The maximum atomic E-state index is 12.2. The molecular formula is C12H7BrClF3OS. The van der Waals surface area contributed by atoms with E-state index in [1.807, 2.05) is 11.4 Å². The van der Waals surface area contributed by atoms with E-state index >= 15 is 0 Å². The Kier molecular flexibility index (Phi) is 4.43. The molecule has 2 aromatic rings. The molecule has 0 N–H and O–H groups in total. The number of ether oxygens (including phenoxy) is 1. The topological polar surface area (TPSA) is 9.23 Å². The number of hydrogen-bond acceptors (Lipinski definition) is 2. The van der Waals surface area contributed by atoms with Crippen LogP contribution in [0.4, 0.5) is 13.2 Å². The maximum absolute atomic E-state index is 12.2. The van der Waals surface area contributed by atoms with Crippen LogP contribution in [0.15, 0.2) is 40.2 Å². The number of halogens is 5. The number of hydrogen-bond donors (Lipinski definition) is 0. The highest BCUT2D eigenvalue weighted by atomic mass is 79.9. The summed E-state index contributed by atoms with van der Waals surface area (Å²) in [4.78, 5) is 0.839. The first-order valence-electron chi connectivity index (χ1n) is 5.09. The minimum Gasteiger partial charge on any atom is -0.406 e. The van der Waals surface area contributed by atoms with E-state index in [1.165, 1.54) is 29.5 Å². The van der Waals surface area contributed by atoms with Gasteiger partial charge in [0, 0.05) is 9.35 Å². The molecule has 1 atom stereocenters. The van der Waals surface area contributed by atoms with Gasteiger partial charge < -0.3 is 4.74 Å². The van der Waals surface area contributed by atoms with Crippen molar-refractivity contribution in [2.45, 2.75) is 11.7 Å². The lowest BCUT2D eigenvalue weighted by molar-refractivity contribution is -0.274. The third-order valence-corrected chi connectivity index (χ3v) is 4.79. The fourth-order valence-corrected chi connectivity index (χ4v) is 3.65. The zero-order valence-electron chi connectivity index (χ0n) is 9.25. The monoisotopic (exact) mass is 370 g/mol. The highest BCUT2D eigenvalue weighted by molar-refractivity contribution is 9.10. The van der Waals surface area contributed by atoms with E-state index in [9.17, 15) is 13.2 Å². The van der Waals surface area contributed by atoms with Gasteiger partial charge in [-0.1, -0.05) is 12.1 Å². The van der Waals surface area contributed by atoms with E-state index in [0.29, 0.717) is 5.56 Å². The van der Waals surface area contributed by atoms with Crippen LogP contribution in [0.3, 0.4) is 0 Å². The van der Waals surface area contributed by atoms with Crippen molar-refractivity contribution in [2.75, 3.05) is 0 Å². The Hall–Kier alpha value is -0.720. The molecule has 0 spiro atoms. The molecule has 19 heavy (non-hydrogen) atoms. The number of rotatable bonds is 3. The van der Waals surface area contributed by atoms with Crippen molar-refractivity contribution in [1.29, 1.82) is 0 Å². The first-order valence-corrected chi connectivity index (χ1v) is 7.20. The summed E-state index contributed by atoms with van der Waals surface area (Å²) < 4.78 is 41.2. The molecule has 0 radical (unpaired) electrons. The van der Waals surface area contributed by atoms with Gasteiger partial charge in [-0.25, -0.2) is 0 Å². The van der Waals surface area contributed by atoms with Crippen LogP contribution in [0, 0.1) is 0 Å². The quantitative estimate of drug-likeness (QED) is 0.625. The summed E-state index contributed by atoms with van der Waals surface area (Å²) in [5, 5.41) is 1.33. The minimum absolute atomic E-state index is 0.275. The molecule has 1 heterocycles. The van der Waals surface area contributed by atoms with Gasteiger partial charge in [-0.05, 0) is 45.1 Å². The zero-order chi connectivity index (χ0) is 14.0. The van der Waals surface area contributed by atoms with E-state index in [4.69, 9.17) is 11.6 Å². The van der Waals surface area contributed by atoms with Crippen molar-refractivity contribution in [3.63, 3.8) is 0 Å². The fourth-order valence-electron chi connectivity index (χ4n) is 1.51. The van der Waals surface area contributed by atoms with Gasteiger partial charge in [0.05, 0.1) is 5.38 Å². The lowest BCUT2D eigenvalue weighted by atomic mass is 10.1. The second-order valence-electron chi connectivity index (χ2n) is 3.62. The molecule has 1 unspecified atom stereocenters. The predicted octanol–water partition coefficient (Wildman–Crippen LogP) is 5.74. The van der Waals surface area contributed by atoms with Gasteiger partial charge in [-0.3, -0.25) is 0 Å². The predicted molar refractivity (Wildman–Crippen MR) is 72.8 cm³/mol. The van der Waals surface area contributed by atoms with Crippen molar-refractivity contribution in [3.05, 3.63) is 50.6 Å². The molecule has 0 saturated heterocycles. The van der Waals surface area contributed by atoms with Gasteiger partial charge in [0.1, 0.15) is 5.75 Å². The molecule has 0 fully saturated rings. The van der Waals surface area contributed by atoms with Gasteiger partial charge in [-0.15, -0.1) is 36.1 Å². The normalized spacial score (nSPS) is 13.3. The van der Waals surface area contributed by atoms with Crippen molar-refractivity contribution < 1.29 is 17.9 Å². The molecule has 1 nitrogen and oxygen atoms in total. The highest BCUT2D eigenvalue weighted by Gasteiger charge is 2.31. The van der Waals surface area contributed by atoms with Crippen molar-refractivity contribution >= 4 is 38.9 Å². The molecule has 102 valence electrons. The standard InChI is InChI=1S/C12H7BrClF3OS/c13-9-4-5-19-11(9)10(14)7-2-1-3-8(6-7)18-12(15,16)17/h1-6,10H. The number of benzene rings is 1. The van der Waals surface area contributed by atoms with Gasteiger partial charge >= 0.3 is 6.36 Å². The van der Waals surface area contributed by atoms with Crippen LogP contribution in [-0.2, 0) is 0 Å². The Morgan fingerprint density at radius 3 is 2.58 bits per heavy atom. The van der Waals surface area contributed by atoms with E-state index < -0.39 is 11.7 Å². The third kappa shape index (κ3) is 3.87. The van der Waals surface area contributed by atoms with Crippen molar-refractivity contribution in [1.82, 2.24) is 0 Å². The molecule has 0 saturated carbocycles. The Balaban J connectivity index is 2.26. The van der Waals surface area contributed by atoms with E-state index in [0.717, 1.165) is 9.35 Å². The van der Waals surface area contributed by atoms with E-state index in [2.05, 4.69) is 20.7 Å². The molecule has 1 aromatic heterocycles. The van der Waals surface area contributed by atoms with Crippen molar-refractivity contribution in [2.24, 2.45) is 0 Å². The van der Waals surface area contributed by atoms with Crippen LogP contribution < -0.4 is 4.74 Å². The third-order valence-electron chi connectivity index (χ3n) is 2.26. The first-order chi connectivity index (χ1) is 8.87. The summed E-state index contributed by atoms with van der Waals surface area (Å²) in [7, 11) is 0. The Morgan fingerprint density at radius 2 is 2.00 bits per heavy atom. The second-order valence-corrected chi connectivity index (χ2v) is 5.85. The van der Waals surface area contributed by atoms with Crippen LogP contribution in [0.5, 0.6) is 5.75 Å². The zero-order valence-corrected chi connectivity index (χ0v) is 12.4. The Labute approximate surface area is 125 Å². The average Bonchev–Trinajstić information content (AvgIpc) is 2.72. The Morgan fingerprint density at radius 1 is 1.26 bits per heavy atom. The summed E-state index contributed by atoms with van der Waals surface area (Å²) in [5.74, 6) is -0.275. The summed E-state index contributed by atoms with van der Waals surface area (Å²) in [6.45, 7) is 0. The SMILES string of the molecule is FC(F)(F)Oc1cccc(C(Cl)c2sccc2Br)c1. The van der Waals surface area contributed by atoms with Gasteiger partial charge in [0.15, 0.2) is 0 Å². The van der Waals surface area contributed by atoms with Gasteiger partial charge in [0.2, 0.25) is 0 Å². The molecule has 0 aliphatic carbocycles. The molecule has 0 bridgehead atoms. The molecule has 7 heteroatoms. The highest BCUT2D eigenvalue weighted by Crippen LogP contribution is 2.38. The maximum Gasteiger partial charge on any atom is 0.573 e. The minimum atomic E-state index is -4.70. The van der Waals surface area contributed by atoms with Crippen molar-refractivity contribution in [3.8, 4) is 5.75 Å². The van der Waals surface area contributed by atoms with Crippen LogP contribution >= 0.6 is 38.9 Å². The molecule has 0 amide bonds. The van der Waals surface area contributed by atoms with Gasteiger partial charge in [-0.2, -0.15) is 0 Å². The van der Waals surface area contributed by atoms with E-state index in [1.54, 1.807) is 6.07 Å². The largest absolute Gasteiger partial charge is 0.573 e. The summed E-state index contributed by atoms with van der Waals surface area (Å²) in [5.41, 5.74) is 0.548. The smallest absolute Gasteiger partial charge is 0.406 e. The summed E-state index contributed by atoms with van der Waals surface area (Å²) >= 11 is 11.0. The molecule has 2 rings (SSSR count). The first kappa shape index (κ1) is 14.7. The number of alkyl halides is 4.